The molecule has 3 nitrogen and oxygen atoms in total. The number of alkyl halides is 3. The second-order valence-corrected chi connectivity index (χ2v) is 5.67. The molecule has 7 heteroatoms. The van der Waals surface area contributed by atoms with Gasteiger partial charge in [-0.05, 0) is 18.2 Å². The van der Waals surface area contributed by atoms with Crippen LogP contribution in [0.5, 0.6) is 5.75 Å². The van der Waals surface area contributed by atoms with Crippen LogP contribution in [0.2, 0.25) is 5.02 Å². The van der Waals surface area contributed by atoms with Crippen molar-refractivity contribution >= 4 is 52.6 Å². The zero-order chi connectivity index (χ0) is 12.2. The lowest BCUT2D eigenvalue weighted by Crippen LogP contribution is -2.19. The van der Waals surface area contributed by atoms with Crippen molar-refractivity contribution in [3.63, 3.8) is 0 Å². The summed E-state index contributed by atoms with van der Waals surface area (Å²) >= 11 is 21.8. The second-order valence-electron chi connectivity index (χ2n) is 2.71. The van der Waals surface area contributed by atoms with Gasteiger partial charge >= 0.3 is 6.16 Å². The highest BCUT2D eigenvalue weighted by molar-refractivity contribution is 6.67. The van der Waals surface area contributed by atoms with Crippen LogP contribution in [0.3, 0.4) is 0 Å². The Morgan fingerprint density at radius 2 is 2.00 bits per heavy atom. The van der Waals surface area contributed by atoms with Crippen molar-refractivity contribution in [1.82, 2.24) is 0 Å². The highest BCUT2D eigenvalue weighted by Crippen LogP contribution is 2.26. The van der Waals surface area contributed by atoms with Gasteiger partial charge in [0.25, 0.3) is 0 Å². The molecule has 0 radical (unpaired) electrons. The molecule has 1 aromatic rings. The van der Waals surface area contributed by atoms with E-state index in [4.69, 9.17) is 51.1 Å². The van der Waals surface area contributed by atoms with Crippen molar-refractivity contribution in [2.24, 2.45) is 0 Å². The number of carbonyl (C=O) groups excluding carboxylic acids is 1. The monoisotopic (exact) mass is 302 g/mol. The number of benzene rings is 1. The summed E-state index contributed by atoms with van der Waals surface area (Å²) in [7, 11) is 0. The van der Waals surface area contributed by atoms with Crippen LogP contribution in [-0.4, -0.2) is 16.6 Å². The Balaban J connectivity index is 2.46. The first-order valence-electron chi connectivity index (χ1n) is 4.04. The average molecular weight is 304 g/mol. The Labute approximate surface area is 112 Å². The molecule has 0 aromatic heterocycles. The van der Waals surface area contributed by atoms with Crippen molar-refractivity contribution in [1.29, 1.82) is 0 Å². The third kappa shape index (κ3) is 5.66. The van der Waals surface area contributed by atoms with E-state index in [1.165, 1.54) is 6.07 Å². The molecule has 0 amide bonds. The predicted molar refractivity (Wildman–Crippen MR) is 63.7 cm³/mol. The lowest BCUT2D eigenvalue weighted by Gasteiger charge is -2.11. The van der Waals surface area contributed by atoms with Gasteiger partial charge in [-0.15, -0.1) is 0 Å². The van der Waals surface area contributed by atoms with Gasteiger partial charge in [0.15, 0.2) is 0 Å². The molecule has 0 aliphatic carbocycles. The quantitative estimate of drug-likeness (QED) is 0.466. The Morgan fingerprint density at radius 1 is 1.31 bits per heavy atom. The minimum atomic E-state index is -1.66. The molecule has 0 bridgehead atoms. The number of hydrogen-bond acceptors (Lipinski definition) is 3. The fraction of sp³-hybridized carbons (Fsp3) is 0.222. The summed E-state index contributed by atoms with van der Waals surface area (Å²) in [6, 6.07) is 6.27. The Bertz CT molecular complexity index is 375. The van der Waals surface area contributed by atoms with Crippen LogP contribution in [-0.2, 0) is 4.74 Å². The molecular weight excluding hydrogens is 298 g/mol. The van der Waals surface area contributed by atoms with Crippen molar-refractivity contribution in [2.75, 3.05) is 6.61 Å². The van der Waals surface area contributed by atoms with Crippen molar-refractivity contribution < 1.29 is 14.3 Å². The predicted octanol–water partition coefficient (Wildman–Crippen LogP) is 4.23. The third-order valence-corrected chi connectivity index (χ3v) is 1.91. The van der Waals surface area contributed by atoms with Crippen LogP contribution in [0.1, 0.15) is 0 Å². The number of ether oxygens (including phenoxy) is 2. The molecule has 0 aliphatic heterocycles. The zero-order valence-electron chi connectivity index (χ0n) is 7.75. The van der Waals surface area contributed by atoms with E-state index < -0.39 is 16.6 Å². The van der Waals surface area contributed by atoms with E-state index in [1.807, 2.05) is 0 Å². The Morgan fingerprint density at radius 3 is 2.56 bits per heavy atom. The smallest absolute Gasteiger partial charge is 0.429 e. The molecule has 0 aliphatic rings. The molecule has 0 heterocycles. The summed E-state index contributed by atoms with van der Waals surface area (Å²) in [5.74, 6) is 0.252. The van der Waals surface area contributed by atoms with Crippen LogP contribution >= 0.6 is 46.4 Å². The maximum absolute atomic E-state index is 11.1. The normalized spacial score (nSPS) is 11.0. The van der Waals surface area contributed by atoms with Gasteiger partial charge < -0.3 is 9.47 Å². The number of halogens is 4. The van der Waals surface area contributed by atoms with E-state index >= 15 is 0 Å². The van der Waals surface area contributed by atoms with Crippen LogP contribution in [0.15, 0.2) is 24.3 Å². The Kier molecular flexibility index (Phi) is 4.99. The number of hydrogen-bond donors (Lipinski definition) is 0. The molecule has 0 fully saturated rings. The summed E-state index contributed by atoms with van der Waals surface area (Å²) in [5, 5.41) is 0.437. The summed E-state index contributed by atoms with van der Waals surface area (Å²) in [5.41, 5.74) is 0. The van der Waals surface area contributed by atoms with E-state index in [0.29, 0.717) is 5.02 Å². The van der Waals surface area contributed by atoms with E-state index in [2.05, 4.69) is 4.74 Å². The van der Waals surface area contributed by atoms with Crippen LogP contribution in [0, 0.1) is 0 Å². The molecule has 0 N–H and O–H groups in total. The summed E-state index contributed by atoms with van der Waals surface area (Å²) < 4.78 is 7.66. The second kappa shape index (κ2) is 5.82. The van der Waals surface area contributed by atoms with Gasteiger partial charge in [-0.3, -0.25) is 0 Å². The van der Waals surface area contributed by atoms with E-state index in [9.17, 15) is 4.79 Å². The van der Waals surface area contributed by atoms with Crippen LogP contribution < -0.4 is 4.74 Å². The van der Waals surface area contributed by atoms with Crippen molar-refractivity contribution in [3.8, 4) is 5.75 Å². The largest absolute Gasteiger partial charge is 0.513 e. The Hall–Kier alpha value is -0.350. The molecule has 1 aromatic carbocycles. The fourth-order valence-corrected chi connectivity index (χ4v) is 1.14. The SMILES string of the molecule is O=C(OCC(Cl)(Cl)Cl)Oc1cccc(Cl)c1. The van der Waals surface area contributed by atoms with Gasteiger partial charge in [-0.25, -0.2) is 4.79 Å². The van der Waals surface area contributed by atoms with Crippen molar-refractivity contribution in [2.45, 2.75) is 3.79 Å². The van der Waals surface area contributed by atoms with Gasteiger partial charge in [0.1, 0.15) is 12.4 Å². The highest BCUT2D eigenvalue weighted by atomic mass is 35.6. The summed E-state index contributed by atoms with van der Waals surface area (Å²) in [6.45, 7) is -0.392. The molecule has 0 atom stereocenters. The first kappa shape index (κ1) is 13.7. The molecule has 0 saturated heterocycles. The van der Waals surface area contributed by atoms with Gasteiger partial charge in [-0.1, -0.05) is 52.5 Å². The first-order chi connectivity index (χ1) is 7.37. The lowest BCUT2D eigenvalue weighted by molar-refractivity contribution is 0.101. The minimum absolute atomic E-state index is 0.252. The standard InChI is InChI=1S/C9H6Cl4O3/c10-6-2-1-3-7(4-6)16-8(14)15-5-9(11,12)13/h1-4H,5H2. The van der Waals surface area contributed by atoms with Crippen LogP contribution in [0.25, 0.3) is 0 Å². The molecule has 88 valence electrons. The van der Waals surface area contributed by atoms with E-state index in [0.717, 1.165) is 0 Å². The molecule has 0 unspecified atom stereocenters. The highest BCUT2D eigenvalue weighted by Gasteiger charge is 2.22. The summed E-state index contributed by atoms with van der Waals surface area (Å²) in [6.07, 6.45) is -0.964. The minimum Gasteiger partial charge on any atom is -0.429 e. The summed E-state index contributed by atoms with van der Waals surface area (Å²) in [4.78, 5) is 11.1. The molecule has 1 rings (SSSR count). The average Bonchev–Trinajstić information content (AvgIpc) is 2.14. The van der Waals surface area contributed by atoms with Gasteiger partial charge in [0.2, 0.25) is 3.79 Å². The molecule has 0 spiro atoms. The van der Waals surface area contributed by atoms with Gasteiger partial charge in [0.05, 0.1) is 0 Å². The maximum Gasteiger partial charge on any atom is 0.513 e. The van der Waals surface area contributed by atoms with Gasteiger partial charge in [-0.2, -0.15) is 0 Å². The number of carbonyl (C=O) groups is 1. The van der Waals surface area contributed by atoms with E-state index in [1.54, 1.807) is 18.2 Å². The van der Waals surface area contributed by atoms with E-state index in [-0.39, 0.29) is 5.75 Å². The maximum atomic E-state index is 11.1. The first-order valence-corrected chi connectivity index (χ1v) is 5.55. The zero-order valence-corrected chi connectivity index (χ0v) is 10.8. The van der Waals surface area contributed by atoms with Crippen LogP contribution in [0.4, 0.5) is 4.79 Å². The third-order valence-electron chi connectivity index (χ3n) is 1.35. The van der Waals surface area contributed by atoms with Gasteiger partial charge in [0, 0.05) is 5.02 Å². The molecule has 16 heavy (non-hydrogen) atoms. The fourth-order valence-electron chi connectivity index (χ4n) is 0.797. The number of rotatable bonds is 2. The topological polar surface area (TPSA) is 35.5 Å². The molecule has 0 saturated carbocycles. The van der Waals surface area contributed by atoms with Crippen molar-refractivity contribution in [3.05, 3.63) is 29.3 Å². The molecular formula is C9H6Cl4O3. The lowest BCUT2D eigenvalue weighted by atomic mass is 10.3.